The number of methoxy groups -OCH3 is 1. The van der Waals surface area contributed by atoms with E-state index in [1.54, 1.807) is 45.4 Å². The first-order valence-electron chi connectivity index (χ1n) is 16.7. The van der Waals surface area contributed by atoms with Crippen LogP contribution in [0.25, 0.3) is 22.4 Å². The number of carbonyl (C=O) groups is 2. The van der Waals surface area contributed by atoms with Crippen LogP contribution in [0.3, 0.4) is 0 Å². The van der Waals surface area contributed by atoms with Crippen LogP contribution in [0.15, 0.2) is 36.7 Å². The minimum absolute atomic E-state index is 0.0242. The number of hydrogen-bond donors (Lipinski definition) is 2. The molecule has 0 aliphatic heterocycles. The Balaban J connectivity index is 1.45. The second-order valence-corrected chi connectivity index (χ2v) is 12.5. The average Bonchev–Trinajstić information content (AvgIpc) is 3.71. The Bertz CT molecular complexity index is 1790. The Labute approximate surface area is 288 Å². The lowest BCUT2D eigenvalue weighted by Crippen LogP contribution is -2.37. The smallest absolute Gasteiger partial charge is 0.421 e. The van der Waals surface area contributed by atoms with Crippen molar-refractivity contribution in [2.45, 2.75) is 65.0 Å². The normalized spacial score (nSPS) is 14.1. The summed E-state index contributed by atoms with van der Waals surface area (Å²) in [6, 6.07) is 6.02. The Morgan fingerprint density at radius 2 is 1.84 bits per heavy atom. The van der Waals surface area contributed by atoms with Crippen molar-refractivity contribution >= 4 is 34.7 Å². The van der Waals surface area contributed by atoms with E-state index in [4.69, 9.17) is 14.2 Å². The SMILES string of the molecule is CCOC(=O)CCCc1ccc(C(=O)Nc2nc3nc(-c4cnc(OCC)c(C(F)(F)F)c4)cc(N(C)CC4(COC)CCCC4)c3[nH]2)nc1. The number of rotatable bonds is 15. The van der Waals surface area contributed by atoms with Crippen molar-refractivity contribution in [2.75, 3.05) is 50.7 Å². The van der Waals surface area contributed by atoms with E-state index in [0.29, 0.717) is 50.2 Å². The van der Waals surface area contributed by atoms with Gasteiger partial charge in [0, 0.05) is 50.5 Å². The predicted molar refractivity (Wildman–Crippen MR) is 181 cm³/mol. The number of aromatic amines is 1. The summed E-state index contributed by atoms with van der Waals surface area (Å²) < 4.78 is 57.8. The molecular formula is C35H42F3N7O5. The molecule has 4 aromatic heterocycles. The molecule has 15 heteroatoms. The number of aromatic nitrogens is 5. The van der Waals surface area contributed by atoms with Gasteiger partial charge in [0.05, 0.1) is 31.2 Å². The van der Waals surface area contributed by atoms with Gasteiger partial charge in [0.2, 0.25) is 11.8 Å². The van der Waals surface area contributed by atoms with Crippen LogP contribution in [0.1, 0.15) is 74.0 Å². The molecule has 0 aromatic carbocycles. The summed E-state index contributed by atoms with van der Waals surface area (Å²) in [7, 11) is 3.58. The number of imidazole rings is 1. The van der Waals surface area contributed by atoms with Gasteiger partial charge < -0.3 is 24.1 Å². The van der Waals surface area contributed by atoms with E-state index in [2.05, 4.69) is 30.2 Å². The third-order valence-electron chi connectivity index (χ3n) is 8.71. The standard InChI is InChI=1S/C35H42F3N7O5/c1-5-49-28(46)11-9-10-22-12-13-25(39-18-22)31(47)44-33-42-29-27(45(3)20-34(21-48-4)14-7-8-15-34)17-26(41-30(29)43-33)23-16-24(35(36,37)38)32(40-19-23)50-6-2/h12-13,16-19H,5-11,14-15,20-21H2,1-4H3,(H2,41,42,43,44,47). The number of halogens is 3. The van der Waals surface area contributed by atoms with Crippen molar-refractivity contribution in [1.82, 2.24) is 24.9 Å². The van der Waals surface area contributed by atoms with Crippen LogP contribution < -0.4 is 15.0 Å². The molecule has 0 unspecified atom stereocenters. The molecule has 1 fully saturated rings. The van der Waals surface area contributed by atoms with Gasteiger partial charge in [0.15, 0.2) is 5.65 Å². The highest BCUT2D eigenvalue weighted by Crippen LogP contribution is 2.42. The van der Waals surface area contributed by atoms with Crippen LogP contribution in [-0.2, 0) is 26.9 Å². The quantitative estimate of drug-likeness (QED) is 0.130. The summed E-state index contributed by atoms with van der Waals surface area (Å²) in [5.74, 6) is -1.19. The first-order valence-corrected chi connectivity index (χ1v) is 16.7. The summed E-state index contributed by atoms with van der Waals surface area (Å²) in [4.78, 5) is 47.3. The van der Waals surface area contributed by atoms with E-state index in [1.807, 2.05) is 11.9 Å². The molecule has 0 saturated heterocycles. The summed E-state index contributed by atoms with van der Waals surface area (Å²) in [5, 5.41) is 2.73. The Kier molecular flexibility index (Phi) is 11.6. The number of alkyl halides is 3. The largest absolute Gasteiger partial charge is 0.478 e. The molecular weight excluding hydrogens is 655 g/mol. The maximum absolute atomic E-state index is 14.0. The molecule has 0 bridgehead atoms. The van der Waals surface area contributed by atoms with E-state index < -0.39 is 23.5 Å². The Morgan fingerprint density at radius 1 is 1.06 bits per heavy atom. The predicted octanol–water partition coefficient (Wildman–Crippen LogP) is 6.61. The summed E-state index contributed by atoms with van der Waals surface area (Å²) in [5.41, 5.74) is 1.58. The van der Waals surface area contributed by atoms with Gasteiger partial charge in [-0.3, -0.25) is 19.9 Å². The van der Waals surface area contributed by atoms with Gasteiger partial charge in [-0.25, -0.2) is 9.97 Å². The molecule has 4 heterocycles. The zero-order valence-electron chi connectivity index (χ0n) is 28.7. The van der Waals surface area contributed by atoms with E-state index in [0.717, 1.165) is 37.3 Å². The minimum atomic E-state index is -4.70. The summed E-state index contributed by atoms with van der Waals surface area (Å²) in [6.07, 6.45) is 3.77. The molecule has 5 rings (SSSR count). The maximum Gasteiger partial charge on any atom is 0.421 e. The van der Waals surface area contributed by atoms with Gasteiger partial charge in [-0.05, 0) is 63.3 Å². The second kappa shape index (κ2) is 15.8. The van der Waals surface area contributed by atoms with Gasteiger partial charge in [0.25, 0.3) is 5.91 Å². The van der Waals surface area contributed by atoms with Crippen LogP contribution in [0, 0.1) is 5.41 Å². The lowest BCUT2D eigenvalue weighted by molar-refractivity contribution is -0.143. The molecule has 1 saturated carbocycles. The van der Waals surface area contributed by atoms with Gasteiger partial charge in [-0.1, -0.05) is 18.9 Å². The van der Waals surface area contributed by atoms with Crippen LogP contribution in [-0.4, -0.2) is 77.3 Å². The van der Waals surface area contributed by atoms with E-state index in [9.17, 15) is 22.8 Å². The monoisotopic (exact) mass is 697 g/mol. The zero-order chi connectivity index (χ0) is 35.9. The molecule has 0 atom stereocenters. The average molecular weight is 698 g/mol. The topological polar surface area (TPSA) is 144 Å². The third-order valence-corrected chi connectivity index (χ3v) is 8.71. The van der Waals surface area contributed by atoms with Crippen LogP contribution in [0.5, 0.6) is 5.88 Å². The molecule has 12 nitrogen and oxygen atoms in total. The van der Waals surface area contributed by atoms with Gasteiger partial charge in [-0.15, -0.1) is 0 Å². The van der Waals surface area contributed by atoms with Crippen molar-refractivity contribution in [3.8, 4) is 17.1 Å². The summed E-state index contributed by atoms with van der Waals surface area (Å²) >= 11 is 0. The molecule has 1 aliphatic carbocycles. The van der Waals surface area contributed by atoms with Crippen LogP contribution in [0.4, 0.5) is 24.8 Å². The van der Waals surface area contributed by atoms with Crippen molar-refractivity contribution in [2.24, 2.45) is 5.41 Å². The lowest BCUT2D eigenvalue weighted by Gasteiger charge is -2.34. The van der Waals surface area contributed by atoms with Crippen molar-refractivity contribution in [1.29, 1.82) is 0 Å². The van der Waals surface area contributed by atoms with Crippen LogP contribution in [0.2, 0.25) is 0 Å². The molecule has 1 aliphatic rings. The van der Waals surface area contributed by atoms with Gasteiger partial charge >= 0.3 is 12.1 Å². The highest BCUT2D eigenvalue weighted by atomic mass is 19.4. The third kappa shape index (κ3) is 8.67. The highest BCUT2D eigenvalue weighted by molar-refractivity contribution is 6.03. The molecule has 268 valence electrons. The molecule has 0 spiro atoms. The molecule has 1 amide bonds. The van der Waals surface area contributed by atoms with Crippen LogP contribution >= 0.6 is 0 Å². The number of ether oxygens (including phenoxy) is 3. The van der Waals surface area contributed by atoms with Crippen molar-refractivity contribution < 1.29 is 37.0 Å². The zero-order valence-corrected chi connectivity index (χ0v) is 28.7. The van der Waals surface area contributed by atoms with Gasteiger partial charge in [-0.2, -0.15) is 18.2 Å². The summed E-state index contributed by atoms with van der Waals surface area (Å²) in [6.45, 7) is 4.89. The van der Waals surface area contributed by atoms with Gasteiger partial charge in [0.1, 0.15) is 16.8 Å². The lowest BCUT2D eigenvalue weighted by atomic mass is 9.86. The van der Waals surface area contributed by atoms with E-state index in [1.165, 1.54) is 6.20 Å². The van der Waals surface area contributed by atoms with E-state index in [-0.39, 0.29) is 46.5 Å². The minimum Gasteiger partial charge on any atom is -0.478 e. The molecule has 0 radical (unpaired) electrons. The fraction of sp³-hybridized carbons (Fsp3) is 0.486. The number of nitrogens with zero attached hydrogens (tertiary/aromatic N) is 5. The number of esters is 1. The molecule has 50 heavy (non-hydrogen) atoms. The number of H-pyrrole nitrogens is 1. The number of nitrogens with one attached hydrogen (secondary N) is 2. The number of amides is 1. The number of pyridine rings is 3. The van der Waals surface area contributed by atoms with Crippen molar-refractivity contribution in [3.05, 3.63) is 53.5 Å². The fourth-order valence-corrected chi connectivity index (χ4v) is 6.44. The number of fused-ring (bicyclic) bond motifs is 1. The maximum atomic E-state index is 14.0. The van der Waals surface area contributed by atoms with Crippen molar-refractivity contribution in [3.63, 3.8) is 0 Å². The highest BCUT2D eigenvalue weighted by Gasteiger charge is 2.37. The molecule has 4 aromatic rings. The first kappa shape index (κ1) is 36.5. The Hall–Kier alpha value is -4.79. The number of carbonyl (C=O) groups excluding carboxylic acids is 2. The number of anilines is 2. The molecule has 2 N–H and O–H groups in total. The number of hydrogen-bond acceptors (Lipinski definition) is 10. The number of aryl methyl sites for hydroxylation is 1. The second-order valence-electron chi connectivity index (χ2n) is 12.5. The fourth-order valence-electron chi connectivity index (χ4n) is 6.44. The van der Waals surface area contributed by atoms with E-state index >= 15 is 0 Å². The Morgan fingerprint density at radius 3 is 2.50 bits per heavy atom. The first-order chi connectivity index (χ1) is 23.9.